The summed E-state index contributed by atoms with van der Waals surface area (Å²) in [5, 5.41) is 10.0. The molecule has 7 heteroatoms. The first-order valence-corrected chi connectivity index (χ1v) is 8.24. The number of carboxylic acid groups (broad SMARTS) is 1. The van der Waals surface area contributed by atoms with Gasteiger partial charge in [-0.3, -0.25) is 4.79 Å². The Balaban J connectivity index is 2.38. The molecule has 0 bridgehead atoms. The summed E-state index contributed by atoms with van der Waals surface area (Å²) in [5.74, 6) is -0.999. The molecule has 1 heterocycles. The number of H-pyrrole nitrogens is 1. The first-order chi connectivity index (χ1) is 11.2. The van der Waals surface area contributed by atoms with Crippen molar-refractivity contribution < 1.29 is 23.1 Å². The second-order valence-corrected chi connectivity index (χ2v) is 6.72. The third-order valence-electron chi connectivity index (χ3n) is 4.91. The highest BCUT2D eigenvalue weighted by Gasteiger charge is 2.46. The number of fused-ring (bicyclic) bond motifs is 3. The third-order valence-corrected chi connectivity index (χ3v) is 5.22. The molecule has 1 unspecified atom stereocenters. The lowest BCUT2D eigenvalue weighted by molar-refractivity contribution is -0.145. The van der Waals surface area contributed by atoms with Crippen LogP contribution in [0.2, 0.25) is 5.02 Å². The van der Waals surface area contributed by atoms with Gasteiger partial charge >= 0.3 is 12.1 Å². The van der Waals surface area contributed by atoms with Crippen LogP contribution in [0.15, 0.2) is 12.1 Å². The van der Waals surface area contributed by atoms with E-state index >= 15 is 0 Å². The SMILES string of the molecule is CCCC1(C(=O)O)CCCc2c1[nH]c1c(Cl)ccc(C(F)(F)F)c21. The molecular formula is C17H17ClF3NO2. The van der Waals surface area contributed by atoms with Gasteiger partial charge in [-0.05, 0) is 43.4 Å². The van der Waals surface area contributed by atoms with Gasteiger partial charge in [0.1, 0.15) is 5.41 Å². The number of aromatic amines is 1. The molecule has 0 fully saturated rings. The van der Waals surface area contributed by atoms with Crippen LogP contribution >= 0.6 is 11.6 Å². The van der Waals surface area contributed by atoms with E-state index in [9.17, 15) is 23.1 Å². The van der Waals surface area contributed by atoms with Crippen molar-refractivity contribution in [1.29, 1.82) is 0 Å². The smallest absolute Gasteiger partial charge is 0.417 e. The fourth-order valence-corrected chi connectivity index (χ4v) is 4.13. The van der Waals surface area contributed by atoms with E-state index in [4.69, 9.17) is 11.6 Å². The Kier molecular flexibility index (Phi) is 4.06. The van der Waals surface area contributed by atoms with Gasteiger partial charge in [-0.2, -0.15) is 13.2 Å². The minimum absolute atomic E-state index is 0.0198. The fourth-order valence-electron chi connectivity index (χ4n) is 3.92. The van der Waals surface area contributed by atoms with Crippen LogP contribution in [0.25, 0.3) is 10.9 Å². The van der Waals surface area contributed by atoms with Gasteiger partial charge in [0.05, 0.1) is 16.1 Å². The normalized spacial score (nSPS) is 21.0. The summed E-state index contributed by atoms with van der Waals surface area (Å²) in [6.45, 7) is 1.87. The van der Waals surface area contributed by atoms with Crippen LogP contribution in [-0.4, -0.2) is 16.1 Å². The minimum atomic E-state index is -4.52. The summed E-state index contributed by atoms with van der Waals surface area (Å²) in [7, 11) is 0. The van der Waals surface area contributed by atoms with Gasteiger partial charge in [0.15, 0.2) is 0 Å². The summed E-state index contributed by atoms with van der Waals surface area (Å²) in [5.41, 5.74) is -0.927. The van der Waals surface area contributed by atoms with E-state index in [0.29, 0.717) is 43.4 Å². The highest BCUT2D eigenvalue weighted by atomic mass is 35.5. The van der Waals surface area contributed by atoms with Crippen molar-refractivity contribution in [3.8, 4) is 0 Å². The van der Waals surface area contributed by atoms with Gasteiger partial charge < -0.3 is 10.1 Å². The Morgan fingerprint density at radius 2 is 2.12 bits per heavy atom. The molecule has 2 N–H and O–H groups in total. The van der Waals surface area contributed by atoms with E-state index in [1.807, 2.05) is 6.92 Å². The van der Waals surface area contributed by atoms with Crippen molar-refractivity contribution >= 4 is 28.5 Å². The van der Waals surface area contributed by atoms with Crippen LogP contribution in [-0.2, 0) is 22.8 Å². The van der Waals surface area contributed by atoms with E-state index < -0.39 is 23.1 Å². The largest absolute Gasteiger partial charge is 0.481 e. The number of alkyl halides is 3. The first kappa shape index (κ1) is 17.1. The second-order valence-electron chi connectivity index (χ2n) is 6.31. The Hall–Kier alpha value is -1.69. The molecule has 1 atom stereocenters. The number of carboxylic acids is 1. The number of rotatable bonds is 3. The molecule has 0 radical (unpaired) electrons. The average Bonchev–Trinajstić information content (AvgIpc) is 2.88. The Morgan fingerprint density at radius 3 is 2.71 bits per heavy atom. The number of hydrogen-bond donors (Lipinski definition) is 2. The zero-order chi connectivity index (χ0) is 17.7. The average molecular weight is 360 g/mol. The highest BCUT2D eigenvalue weighted by molar-refractivity contribution is 6.35. The van der Waals surface area contributed by atoms with Gasteiger partial charge in [0, 0.05) is 11.1 Å². The quantitative estimate of drug-likeness (QED) is 0.781. The molecule has 1 aromatic carbocycles. The molecule has 130 valence electrons. The predicted molar refractivity (Wildman–Crippen MR) is 85.5 cm³/mol. The maximum atomic E-state index is 13.4. The number of aryl methyl sites for hydroxylation is 1. The van der Waals surface area contributed by atoms with E-state index in [2.05, 4.69) is 4.98 Å². The maximum Gasteiger partial charge on any atom is 0.417 e. The molecule has 2 aromatic rings. The zero-order valence-corrected chi connectivity index (χ0v) is 13.8. The number of carbonyl (C=O) groups is 1. The lowest BCUT2D eigenvalue weighted by atomic mass is 9.70. The first-order valence-electron chi connectivity index (χ1n) is 7.86. The molecule has 0 amide bonds. The number of aliphatic carboxylic acids is 1. The van der Waals surface area contributed by atoms with E-state index in [1.165, 1.54) is 6.07 Å². The Bertz CT molecular complexity index is 812. The minimum Gasteiger partial charge on any atom is -0.481 e. The summed E-state index contributed by atoms with van der Waals surface area (Å²) in [4.78, 5) is 14.9. The zero-order valence-electron chi connectivity index (χ0n) is 13.1. The van der Waals surface area contributed by atoms with Gasteiger partial charge in [-0.1, -0.05) is 24.9 Å². The number of benzene rings is 1. The molecule has 1 aromatic heterocycles. The topological polar surface area (TPSA) is 53.1 Å². The van der Waals surface area contributed by atoms with E-state index in [1.54, 1.807) is 0 Å². The number of hydrogen-bond acceptors (Lipinski definition) is 1. The highest BCUT2D eigenvalue weighted by Crippen LogP contribution is 2.47. The number of halogens is 4. The molecule has 3 rings (SSSR count). The molecule has 24 heavy (non-hydrogen) atoms. The van der Waals surface area contributed by atoms with Crippen LogP contribution in [0.4, 0.5) is 13.2 Å². The van der Waals surface area contributed by atoms with Crippen molar-refractivity contribution in [3.63, 3.8) is 0 Å². The summed E-state index contributed by atoms with van der Waals surface area (Å²) >= 11 is 6.10. The van der Waals surface area contributed by atoms with Gasteiger partial charge in [0.25, 0.3) is 0 Å². The van der Waals surface area contributed by atoms with Crippen LogP contribution in [0.3, 0.4) is 0 Å². The lowest BCUT2D eigenvalue weighted by Crippen LogP contribution is -2.39. The molecule has 1 aliphatic rings. The van der Waals surface area contributed by atoms with Crippen LogP contribution in [0.5, 0.6) is 0 Å². The molecule has 0 spiro atoms. The number of aromatic nitrogens is 1. The fraction of sp³-hybridized carbons (Fsp3) is 0.471. The molecule has 1 aliphatic carbocycles. The molecule has 3 nitrogen and oxygen atoms in total. The van der Waals surface area contributed by atoms with Gasteiger partial charge in [0.2, 0.25) is 0 Å². The van der Waals surface area contributed by atoms with Crippen molar-refractivity contribution in [2.24, 2.45) is 0 Å². The van der Waals surface area contributed by atoms with Crippen molar-refractivity contribution in [3.05, 3.63) is 34.0 Å². The lowest BCUT2D eigenvalue weighted by Gasteiger charge is -2.33. The third kappa shape index (κ3) is 2.39. The molecule has 0 saturated carbocycles. The monoisotopic (exact) mass is 359 g/mol. The molecular weight excluding hydrogens is 343 g/mol. The van der Waals surface area contributed by atoms with Crippen LogP contribution in [0.1, 0.15) is 49.4 Å². The van der Waals surface area contributed by atoms with Crippen molar-refractivity contribution in [2.45, 2.75) is 50.6 Å². The Morgan fingerprint density at radius 1 is 1.42 bits per heavy atom. The second kappa shape index (κ2) is 5.69. The van der Waals surface area contributed by atoms with Gasteiger partial charge in [-0.15, -0.1) is 0 Å². The molecule has 0 saturated heterocycles. The summed E-state index contributed by atoms with van der Waals surface area (Å²) in [6.07, 6.45) is -2.16. The number of nitrogens with one attached hydrogen (secondary N) is 1. The summed E-state index contributed by atoms with van der Waals surface area (Å²) in [6, 6.07) is 2.17. The maximum absolute atomic E-state index is 13.4. The van der Waals surface area contributed by atoms with Crippen molar-refractivity contribution in [2.75, 3.05) is 0 Å². The van der Waals surface area contributed by atoms with Gasteiger partial charge in [-0.25, -0.2) is 0 Å². The predicted octanol–water partition coefficient (Wildman–Crippen LogP) is 5.30. The Labute approximate surface area is 141 Å². The van der Waals surface area contributed by atoms with Crippen molar-refractivity contribution in [1.82, 2.24) is 4.98 Å². The van der Waals surface area contributed by atoms with E-state index in [0.717, 1.165) is 6.07 Å². The van der Waals surface area contributed by atoms with Crippen LogP contribution < -0.4 is 0 Å². The molecule has 0 aliphatic heterocycles. The van der Waals surface area contributed by atoms with Crippen LogP contribution in [0, 0.1) is 0 Å². The van der Waals surface area contributed by atoms with E-state index in [-0.39, 0.29) is 15.9 Å². The standard InChI is InChI=1S/C17H17ClF3NO2/c1-2-7-16(15(23)24)8-3-4-9-12-10(17(19,20)21)5-6-11(18)13(12)22-14(9)16/h5-6,22H,2-4,7-8H2,1H3,(H,23,24). The summed E-state index contributed by atoms with van der Waals surface area (Å²) < 4.78 is 40.3.